The largest absolute Gasteiger partial charge is 0.495 e. The lowest BCUT2D eigenvalue weighted by molar-refractivity contribution is 0.103. The van der Waals surface area contributed by atoms with Crippen molar-refractivity contribution in [2.24, 2.45) is 0 Å². The summed E-state index contributed by atoms with van der Waals surface area (Å²) in [4.78, 5) is 22.4. The van der Waals surface area contributed by atoms with E-state index in [0.29, 0.717) is 11.7 Å². The summed E-state index contributed by atoms with van der Waals surface area (Å²) in [7, 11) is 1.71. The zero-order valence-electron chi connectivity index (χ0n) is 20.4. The molecule has 2 fully saturated rings. The summed E-state index contributed by atoms with van der Waals surface area (Å²) in [5.74, 6) is 0.841. The number of fused-ring (bicyclic) bond motifs is 4. The molecular formula is C28H34N4O2. The monoisotopic (exact) mass is 458 g/mol. The topological polar surface area (TPSA) is 74.6 Å². The minimum absolute atomic E-state index is 0.0536. The summed E-state index contributed by atoms with van der Waals surface area (Å²) in [5, 5.41) is 0.931. The molecule has 3 aliphatic rings. The SMILES string of the molecule is COc1cc2c(cc1N1CCC(N3CCCC3)CC1)C(C)(C)c1[nH]c3cc(N)ccc3c1C2=O. The first-order chi connectivity index (χ1) is 16.4. The van der Waals surface area contributed by atoms with E-state index in [1.165, 1.54) is 38.8 Å². The van der Waals surface area contributed by atoms with Crippen LogP contribution in [0.1, 0.15) is 66.7 Å². The number of rotatable bonds is 3. The van der Waals surface area contributed by atoms with Crippen molar-refractivity contribution in [3.8, 4) is 5.75 Å². The number of carbonyl (C=O) groups excluding carboxylic acids is 1. The molecule has 2 aromatic carbocycles. The minimum atomic E-state index is -0.346. The molecule has 178 valence electrons. The Hall–Kier alpha value is -2.99. The van der Waals surface area contributed by atoms with Gasteiger partial charge in [-0.1, -0.05) is 19.9 Å². The average molecular weight is 459 g/mol. The van der Waals surface area contributed by atoms with E-state index in [0.717, 1.165) is 57.8 Å². The maximum Gasteiger partial charge on any atom is 0.195 e. The van der Waals surface area contributed by atoms with Gasteiger partial charge < -0.3 is 25.3 Å². The summed E-state index contributed by atoms with van der Waals surface area (Å²) in [6.45, 7) is 8.93. The highest BCUT2D eigenvalue weighted by molar-refractivity contribution is 6.20. The number of nitrogens with zero attached hydrogens (tertiary/aromatic N) is 2. The third kappa shape index (κ3) is 3.15. The Kier molecular flexibility index (Phi) is 4.92. The van der Waals surface area contributed by atoms with E-state index in [-0.39, 0.29) is 11.2 Å². The van der Waals surface area contributed by atoms with Gasteiger partial charge in [-0.2, -0.15) is 0 Å². The van der Waals surface area contributed by atoms with Crippen LogP contribution in [0.5, 0.6) is 5.75 Å². The smallest absolute Gasteiger partial charge is 0.195 e. The zero-order chi connectivity index (χ0) is 23.6. The van der Waals surface area contributed by atoms with Gasteiger partial charge in [0.25, 0.3) is 0 Å². The molecule has 6 rings (SSSR count). The second-order valence-corrected chi connectivity index (χ2v) is 10.7. The summed E-state index contributed by atoms with van der Waals surface area (Å²) in [5.41, 5.74) is 11.9. The van der Waals surface area contributed by atoms with Crippen LogP contribution in [0.2, 0.25) is 0 Å². The molecule has 6 nitrogen and oxygen atoms in total. The number of aromatic amines is 1. The van der Waals surface area contributed by atoms with Gasteiger partial charge in [0.15, 0.2) is 5.78 Å². The fourth-order valence-corrected chi connectivity index (χ4v) is 6.45. The van der Waals surface area contributed by atoms with E-state index < -0.39 is 0 Å². The number of hydrogen-bond acceptors (Lipinski definition) is 5. The number of ketones is 1. The molecule has 0 amide bonds. The number of benzene rings is 2. The molecule has 3 heterocycles. The second kappa shape index (κ2) is 7.77. The van der Waals surface area contributed by atoms with Crippen LogP contribution in [0.15, 0.2) is 30.3 Å². The number of piperidine rings is 1. The van der Waals surface area contributed by atoms with Gasteiger partial charge in [-0.25, -0.2) is 0 Å². The van der Waals surface area contributed by atoms with Crippen molar-refractivity contribution >= 4 is 28.1 Å². The molecule has 0 spiro atoms. The zero-order valence-corrected chi connectivity index (χ0v) is 20.4. The quantitative estimate of drug-likeness (QED) is 0.557. The number of hydrogen-bond donors (Lipinski definition) is 2. The van der Waals surface area contributed by atoms with Gasteiger partial charge >= 0.3 is 0 Å². The van der Waals surface area contributed by atoms with Gasteiger partial charge in [0.1, 0.15) is 5.75 Å². The first-order valence-electron chi connectivity index (χ1n) is 12.6. The lowest BCUT2D eigenvalue weighted by Crippen LogP contribution is -2.44. The predicted molar refractivity (Wildman–Crippen MR) is 137 cm³/mol. The Morgan fingerprint density at radius 1 is 1.06 bits per heavy atom. The number of H-pyrrole nitrogens is 1. The first-order valence-corrected chi connectivity index (χ1v) is 12.6. The van der Waals surface area contributed by atoms with Gasteiger partial charge in [-0.3, -0.25) is 4.79 Å². The van der Waals surface area contributed by atoms with Crippen molar-refractivity contribution in [2.75, 3.05) is 43.9 Å². The highest BCUT2D eigenvalue weighted by atomic mass is 16.5. The molecule has 0 bridgehead atoms. The van der Waals surface area contributed by atoms with E-state index in [2.05, 4.69) is 34.7 Å². The maximum atomic E-state index is 13.8. The lowest BCUT2D eigenvalue weighted by atomic mass is 9.71. The molecule has 3 N–H and O–H groups in total. The molecule has 6 heteroatoms. The van der Waals surface area contributed by atoms with Gasteiger partial charge in [-0.05, 0) is 68.6 Å². The summed E-state index contributed by atoms with van der Waals surface area (Å²) < 4.78 is 5.85. The van der Waals surface area contributed by atoms with Crippen molar-refractivity contribution in [1.82, 2.24) is 9.88 Å². The number of likely N-dealkylation sites (tertiary alicyclic amines) is 1. The number of ether oxygens (including phenoxy) is 1. The molecule has 1 aliphatic carbocycles. The van der Waals surface area contributed by atoms with Gasteiger partial charge in [0.2, 0.25) is 0 Å². The standard InChI is InChI=1S/C28H34N4O2/c1-28(2)21-16-23(32-12-8-18(9-13-32)31-10-4-5-11-31)24(34-3)15-20(21)26(33)25-19-7-6-17(29)14-22(19)30-27(25)28/h6-7,14-16,18,30H,4-5,8-13,29H2,1-3H3. The van der Waals surface area contributed by atoms with Crippen LogP contribution < -0.4 is 15.4 Å². The van der Waals surface area contributed by atoms with Crippen LogP contribution in [0.25, 0.3) is 10.9 Å². The number of nitrogens with one attached hydrogen (secondary N) is 1. The molecule has 2 aliphatic heterocycles. The highest BCUT2D eigenvalue weighted by Crippen LogP contribution is 2.47. The van der Waals surface area contributed by atoms with Gasteiger partial charge in [-0.15, -0.1) is 0 Å². The van der Waals surface area contributed by atoms with Gasteiger partial charge in [0, 0.05) is 52.4 Å². The third-order valence-electron chi connectivity index (χ3n) is 8.37. The fourth-order valence-electron chi connectivity index (χ4n) is 6.45. The predicted octanol–water partition coefficient (Wildman–Crippen LogP) is 4.69. The first kappa shape index (κ1) is 21.5. The Labute approximate surface area is 201 Å². The summed E-state index contributed by atoms with van der Waals surface area (Å²) >= 11 is 0. The Bertz CT molecular complexity index is 1280. The summed E-state index contributed by atoms with van der Waals surface area (Å²) in [6.07, 6.45) is 5.03. The molecule has 34 heavy (non-hydrogen) atoms. The Morgan fingerprint density at radius 2 is 1.79 bits per heavy atom. The van der Waals surface area contributed by atoms with Gasteiger partial charge in [0.05, 0.1) is 18.4 Å². The molecule has 0 atom stereocenters. The van der Waals surface area contributed by atoms with Crippen LogP contribution in [-0.2, 0) is 5.41 Å². The molecule has 2 saturated heterocycles. The number of nitrogen functional groups attached to an aromatic ring is 1. The Morgan fingerprint density at radius 3 is 2.50 bits per heavy atom. The number of nitrogens with two attached hydrogens (primary N) is 1. The highest BCUT2D eigenvalue weighted by Gasteiger charge is 2.41. The van der Waals surface area contributed by atoms with E-state index in [1.54, 1.807) is 7.11 Å². The van der Waals surface area contributed by atoms with Crippen molar-refractivity contribution in [3.05, 3.63) is 52.7 Å². The van der Waals surface area contributed by atoms with Crippen LogP contribution >= 0.6 is 0 Å². The molecule has 1 aromatic heterocycles. The van der Waals surface area contributed by atoms with E-state index in [9.17, 15) is 4.79 Å². The number of anilines is 2. The Balaban J connectivity index is 1.39. The molecule has 0 radical (unpaired) electrons. The van der Waals surface area contributed by atoms with Crippen molar-refractivity contribution in [2.45, 2.75) is 51.0 Å². The minimum Gasteiger partial charge on any atom is -0.495 e. The van der Waals surface area contributed by atoms with E-state index in [4.69, 9.17) is 10.5 Å². The molecule has 0 unspecified atom stereocenters. The van der Waals surface area contributed by atoms with E-state index in [1.807, 2.05) is 24.3 Å². The molecular weight excluding hydrogens is 424 g/mol. The number of aromatic nitrogens is 1. The van der Waals surface area contributed by atoms with Crippen LogP contribution in [0, 0.1) is 0 Å². The normalized spacial score (nSPS) is 20.6. The van der Waals surface area contributed by atoms with Crippen LogP contribution in [0.3, 0.4) is 0 Å². The summed E-state index contributed by atoms with van der Waals surface area (Å²) in [6, 6.07) is 10.6. The van der Waals surface area contributed by atoms with Crippen molar-refractivity contribution in [1.29, 1.82) is 0 Å². The fraction of sp³-hybridized carbons (Fsp3) is 0.464. The second-order valence-electron chi connectivity index (χ2n) is 10.7. The van der Waals surface area contributed by atoms with E-state index >= 15 is 0 Å². The number of carbonyl (C=O) groups is 1. The molecule has 0 saturated carbocycles. The van der Waals surface area contributed by atoms with Crippen molar-refractivity contribution in [3.63, 3.8) is 0 Å². The third-order valence-corrected chi connectivity index (χ3v) is 8.37. The number of methoxy groups -OCH3 is 1. The van der Waals surface area contributed by atoms with Crippen molar-refractivity contribution < 1.29 is 9.53 Å². The lowest BCUT2D eigenvalue weighted by Gasteiger charge is -2.39. The average Bonchev–Trinajstić information content (AvgIpc) is 3.51. The van der Waals surface area contributed by atoms with Crippen LogP contribution in [-0.4, -0.2) is 55.0 Å². The maximum absolute atomic E-state index is 13.8. The molecule has 3 aromatic rings. The van der Waals surface area contributed by atoms with Crippen LogP contribution in [0.4, 0.5) is 11.4 Å².